The molecular weight excluding hydrogens is 264 g/mol. The normalized spacial score (nSPS) is 18.0. The average molecular weight is 288 g/mol. The summed E-state index contributed by atoms with van der Waals surface area (Å²) in [6, 6.07) is 10.2. The number of ether oxygens (including phenoxy) is 2. The smallest absolute Gasteiger partial charge is 0.161 e. The number of piperidine rings is 1. The molecule has 1 aromatic carbocycles. The van der Waals surface area contributed by atoms with Crippen LogP contribution in [0.3, 0.4) is 0 Å². The summed E-state index contributed by atoms with van der Waals surface area (Å²) in [7, 11) is 0. The summed E-state index contributed by atoms with van der Waals surface area (Å²) in [5, 5.41) is 9.14. The molecule has 0 atom stereocenters. The maximum Gasteiger partial charge on any atom is 0.161 e. The molecule has 0 amide bonds. The molecule has 0 aromatic heterocycles. The number of hydrogen-bond acceptors (Lipinski definition) is 4. The molecule has 0 saturated carbocycles. The highest BCUT2D eigenvalue weighted by atomic mass is 16.5. The molecule has 0 radical (unpaired) electrons. The number of rotatable bonds is 6. The van der Waals surface area contributed by atoms with E-state index in [1.165, 1.54) is 0 Å². The van der Waals surface area contributed by atoms with Gasteiger partial charge in [-0.15, -0.1) is 0 Å². The number of nitriles is 1. The van der Waals surface area contributed by atoms with Crippen LogP contribution in [0, 0.1) is 16.7 Å². The molecule has 4 heteroatoms. The fourth-order valence-electron chi connectivity index (χ4n) is 2.51. The minimum absolute atomic E-state index is 0.140. The second kappa shape index (κ2) is 7.33. The number of benzene rings is 1. The first-order valence-corrected chi connectivity index (χ1v) is 7.65. The SMILES string of the molecule is CCOc1ccccc1OCCN1CCC(C)(C#N)CC1. The van der Waals surface area contributed by atoms with Crippen LogP contribution in [0.25, 0.3) is 0 Å². The second-order valence-corrected chi connectivity index (χ2v) is 5.74. The number of nitrogens with zero attached hydrogens (tertiary/aromatic N) is 2. The van der Waals surface area contributed by atoms with Crippen LogP contribution in [-0.2, 0) is 0 Å². The van der Waals surface area contributed by atoms with Gasteiger partial charge in [0.1, 0.15) is 6.61 Å². The average Bonchev–Trinajstić information content (AvgIpc) is 2.51. The molecule has 0 unspecified atom stereocenters. The van der Waals surface area contributed by atoms with E-state index in [0.29, 0.717) is 13.2 Å². The van der Waals surface area contributed by atoms with Crippen molar-refractivity contribution in [1.29, 1.82) is 5.26 Å². The molecule has 1 saturated heterocycles. The predicted molar refractivity (Wildman–Crippen MR) is 82.5 cm³/mol. The zero-order valence-corrected chi connectivity index (χ0v) is 13.0. The van der Waals surface area contributed by atoms with Gasteiger partial charge in [0.25, 0.3) is 0 Å². The van der Waals surface area contributed by atoms with Crippen LogP contribution in [0.2, 0.25) is 0 Å². The van der Waals surface area contributed by atoms with Gasteiger partial charge in [0.15, 0.2) is 11.5 Å². The molecule has 21 heavy (non-hydrogen) atoms. The standard InChI is InChI=1S/C17H24N2O2/c1-3-20-15-6-4-5-7-16(15)21-13-12-19-10-8-17(2,14-18)9-11-19/h4-7H,3,8-13H2,1-2H3. The highest BCUT2D eigenvalue weighted by Crippen LogP contribution is 2.30. The summed E-state index contributed by atoms with van der Waals surface area (Å²) in [6.07, 6.45) is 1.89. The zero-order chi connectivity index (χ0) is 15.1. The number of likely N-dealkylation sites (tertiary alicyclic amines) is 1. The highest BCUT2D eigenvalue weighted by molar-refractivity contribution is 5.39. The summed E-state index contributed by atoms with van der Waals surface area (Å²) >= 11 is 0. The summed E-state index contributed by atoms with van der Waals surface area (Å²) < 4.78 is 11.4. The van der Waals surface area contributed by atoms with Crippen molar-refractivity contribution < 1.29 is 9.47 Å². The van der Waals surface area contributed by atoms with E-state index >= 15 is 0 Å². The van der Waals surface area contributed by atoms with Crippen LogP contribution in [0.15, 0.2) is 24.3 Å². The van der Waals surface area contributed by atoms with Gasteiger partial charge < -0.3 is 9.47 Å². The Balaban J connectivity index is 1.77. The highest BCUT2D eigenvalue weighted by Gasteiger charge is 2.29. The molecule has 0 N–H and O–H groups in total. The number of para-hydroxylation sites is 2. The van der Waals surface area contributed by atoms with Gasteiger partial charge in [0.2, 0.25) is 0 Å². The third-order valence-electron chi connectivity index (χ3n) is 4.04. The van der Waals surface area contributed by atoms with Crippen molar-refractivity contribution >= 4 is 0 Å². The Morgan fingerprint density at radius 1 is 1.19 bits per heavy atom. The van der Waals surface area contributed by atoms with E-state index < -0.39 is 0 Å². The Bertz CT molecular complexity index is 488. The maximum atomic E-state index is 9.14. The van der Waals surface area contributed by atoms with Crippen LogP contribution in [0.4, 0.5) is 0 Å². The molecule has 1 aromatic rings. The van der Waals surface area contributed by atoms with E-state index in [4.69, 9.17) is 14.7 Å². The topological polar surface area (TPSA) is 45.5 Å². The Hall–Kier alpha value is -1.73. The third-order valence-corrected chi connectivity index (χ3v) is 4.04. The monoisotopic (exact) mass is 288 g/mol. The van der Waals surface area contributed by atoms with Crippen molar-refractivity contribution in [2.45, 2.75) is 26.7 Å². The summed E-state index contributed by atoms with van der Waals surface area (Å²) in [6.45, 7) is 8.14. The Labute approximate surface area is 127 Å². The van der Waals surface area contributed by atoms with Gasteiger partial charge in [0.05, 0.1) is 18.1 Å². The lowest BCUT2D eigenvalue weighted by Crippen LogP contribution is -2.40. The molecule has 4 nitrogen and oxygen atoms in total. The van der Waals surface area contributed by atoms with Gasteiger partial charge in [-0.25, -0.2) is 0 Å². The number of hydrogen-bond donors (Lipinski definition) is 0. The quantitative estimate of drug-likeness (QED) is 0.807. The molecule has 1 fully saturated rings. The molecule has 1 heterocycles. The van der Waals surface area contributed by atoms with Crippen LogP contribution in [-0.4, -0.2) is 37.7 Å². The molecule has 1 aliphatic heterocycles. The van der Waals surface area contributed by atoms with Crippen molar-refractivity contribution in [2.24, 2.45) is 5.41 Å². The fraction of sp³-hybridized carbons (Fsp3) is 0.588. The van der Waals surface area contributed by atoms with E-state index in [1.807, 2.05) is 31.2 Å². The van der Waals surface area contributed by atoms with Crippen molar-refractivity contribution in [2.75, 3.05) is 32.8 Å². The van der Waals surface area contributed by atoms with Gasteiger partial charge in [-0.2, -0.15) is 5.26 Å². The molecule has 0 aliphatic carbocycles. The lowest BCUT2D eigenvalue weighted by Gasteiger charge is -2.34. The second-order valence-electron chi connectivity index (χ2n) is 5.74. The van der Waals surface area contributed by atoms with Crippen molar-refractivity contribution in [3.63, 3.8) is 0 Å². The molecule has 2 rings (SSSR count). The molecular formula is C17H24N2O2. The van der Waals surface area contributed by atoms with Crippen LogP contribution in [0.1, 0.15) is 26.7 Å². The first-order valence-electron chi connectivity index (χ1n) is 7.65. The first-order chi connectivity index (χ1) is 10.2. The molecule has 0 bridgehead atoms. The summed E-state index contributed by atoms with van der Waals surface area (Å²) in [5.74, 6) is 1.61. The Morgan fingerprint density at radius 3 is 2.38 bits per heavy atom. The van der Waals surface area contributed by atoms with Gasteiger partial charge in [-0.3, -0.25) is 4.90 Å². The Morgan fingerprint density at radius 2 is 1.81 bits per heavy atom. The van der Waals surface area contributed by atoms with Crippen LogP contribution in [0.5, 0.6) is 11.5 Å². The zero-order valence-electron chi connectivity index (χ0n) is 13.0. The lowest BCUT2D eigenvalue weighted by atomic mass is 9.82. The van der Waals surface area contributed by atoms with Crippen molar-refractivity contribution in [1.82, 2.24) is 4.90 Å². The largest absolute Gasteiger partial charge is 0.490 e. The minimum Gasteiger partial charge on any atom is -0.490 e. The van der Waals surface area contributed by atoms with E-state index in [9.17, 15) is 0 Å². The van der Waals surface area contributed by atoms with Gasteiger partial charge in [-0.1, -0.05) is 12.1 Å². The van der Waals surface area contributed by atoms with Gasteiger partial charge in [-0.05, 0) is 51.9 Å². The van der Waals surface area contributed by atoms with Crippen molar-refractivity contribution in [3.05, 3.63) is 24.3 Å². The van der Waals surface area contributed by atoms with E-state index in [0.717, 1.165) is 44.0 Å². The summed E-state index contributed by atoms with van der Waals surface area (Å²) in [5.41, 5.74) is -0.140. The van der Waals surface area contributed by atoms with Crippen LogP contribution >= 0.6 is 0 Å². The summed E-state index contributed by atoms with van der Waals surface area (Å²) in [4.78, 5) is 2.36. The van der Waals surface area contributed by atoms with Crippen LogP contribution < -0.4 is 9.47 Å². The molecule has 0 spiro atoms. The van der Waals surface area contributed by atoms with E-state index in [2.05, 4.69) is 17.9 Å². The van der Waals surface area contributed by atoms with Gasteiger partial charge in [0, 0.05) is 6.54 Å². The maximum absolute atomic E-state index is 9.14. The van der Waals surface area contributed by atoms with E-state index in [1.54, 1.807) is 0 Å². The molecule has 114 valence electrons. The Kier molecular flexibility index (Phi) is 5.46. The minimum atomic E-state index is -0.140. The van der Waals surface area contributed by atoms with E-state index in [-0.39, 0.29) is 5.41 Å². The first kappa shape index (κ1) is 15.7. The van der Waals surface area contributed by atoms with Gasteiger partial charge >= 0.3 is 0 Å². The lowest BCUT2D eigenvalue weighted by molar-refractivity contribution is 0.133. The third kappa shape index (κ3) is 4.37. The molecule has 1 aliphatic rings. The van der Waals surface area contributed by atoms with Crippen molar-refractivity contribution in [3.8, 4) is 17.6 Å². The predicted octanol–water partition coefficient (Wildman–Crippen LogP) is 3.09. The fourth-order valence-corrected chi connectivity index (χ4v) is 2.51.